The summed E-state index contributed by atoms with van der Waals surface area (Å²) in [6, 6.07) is -0.529. The average molecular weight is 223 g/mol. The highest BCUT2D eigenvalue weighted by atomic mass is 35.5. The highest BCUT2D eigenvalue weighted by Crippen LogP contribution is 1.91. The van der Waals surface area contributed by atoms with Gasteiger partial charge in [0.05, 0.1) is 6.61 Å². The maximum Gasteiger partial charge on any atom is 0.321 e. The molecule has 0 fully saturated rings. The first kappa shape index (κ1) is 13.2. The number of alkyl halides is 1. The van der Waals surface area contributed by atoms with Crippen molar-refractivity contribution >= 4 is 23.5 Å². The maximum atomic E-state index is 11.0. The van der Waals surface area contributed by atoms with Crippen LogP contribution in [-0.2, 0) is 9.53 Å². The second kappa shape index (κ2) is 7.58. The zero-order chi connectivity index (χ0) is 11.0. The third-order valence-corrected chi connectivity index (χ3v) is 1.68. The maximum absolute atomic E-state index is 11.0. The molecule has 82 valence electrons. The van der Waals surface area contributed by atoms with Gasteiger partial charge in [-0.2, -0.15) is 0 Å². The number of rotatable bonds is 5. The van der Waals surface area contributed by atoms with Gasteiger partial charge in [0.15, 0.2) is 0 Å². The Bertz CT molecular complexity index is 199. The topological polar surface area (TPSA) is 67.4 Å². The van der Waals surface area contributed by atoms with Crippen molar-refractivity contribution in [3.63, 3.8) is 0 Å². The fourth-order valence-corrected chi connectivity index (χ4v) is 0.881. The number of carbonyl (C=O) groups excluding carboxylic acids is 2. The highest BCUT2D eigenvalue weighted by molar-refractivity contribution is 6.28. The van der Waals surface area contributed by atoms with Crippen LogP contribution in [0.1, 0.15) is 6.92 Å². The van der Waals surface area contributed by atoms with Gasteiger partial charge in [0.25, 0.3) is 0 Å². The van der Waals surface area contributed by atoms with Crippen molar-refractivity contribution < 1.29 is 14.3 Å². The highest BCUT2D eigenvalue weighted by Gasteiger charge is 2.07. The summed E-state index contributed by atoms with van der Waals surface area (Å²) in [5.74, 6) is -0.526. The lowest BCUT2D eigenvalue weighted by Crippen LogP contribution is -2.42. The van der Waals surface area contributed by atoms with Gasteiger partial charge in [-0.25, -0.2) is 4.79 Å². The number of halogens is 1. The van der Waals surface area contributed by atoms with E-state index in [2.05, 4.69) is 10.6 Å². The van der Waals surface area contributed by atoms with Crippen LogP contribution in [0.15, 0.2) is 0 Å². The first-order valence-electron chi connectivity index (χ1n) is 4.22. The van der Waals surface area contributed by atoms with Crippen LogP contribution in [0.4, 0.5) is 4.79 Å². The zero-order valence-electron chi connectivity index (χ0n) is 8.30. The van der Waals surface area contributed by atoms with Crippen molar-refractivity contribution in [2.75, 3.05) is 26.1 Å². The van der Waals surface area contributed by atoms with E-state index in [0.717, 1.165) is 0 Å². The second-order valence-corrected chi connectivity index (χ2v) is 3.22. The fraction of sp³-hybridized carbons (Fsp3) is 0.750. The van der Waals surface area contributed by atoms with Crippen molar-refractivity contribution in [1.82, 2.24) is 10.6 Å². The minimum Gasteiger partial charge on any atom is -0.384 e. The van der Waals surface area contributed by atoms with Gasteiger partial charge >= 0.3 is 6.03 Å². The van der Waals surface area contributed by atoms with E-state index >= 15 is 0 Å². The molecular formula is C8H15ClN2O3. The van der Waals surface area contributed by atoms with E-state index in [4.69, 9.17) is 16.3 Å². The van der Waals surface area contributed by atoms with Gasteiger partial charge in [0.1, 0.15) is 5.88 Å². The summed E-state index contributed by atoms with van der Waals surface area (Å²) in [7, 11) is 1.59. The molecule has 6 heteroatoms. The molecule has 0 aliphatic carbocycles. The Morgan fingerprint density at radius 1 is 1.50 bits per heavy atom. The van der Waals surface area contributed by atoms with Gasteiger partial charge < -0.3 is 10.1 Å². The molecule has 0 aromatic rings. The Morgan fingerprint density at radius 3 is 2.64 bits per heavy atom. The van der Waals surface area contributed by atoms with Crippen molar-refractivity contribution in [3.8, 4) is 0 Å². The number of nitrogens with one attached hydrogen (secondary N) is 2. The van der Waals surface area contributed by atoms with Crippen LogP contribution in [0.3, 0.4) is 0 Å². The van der Waals surface area contributed by atoms with E-state index in [0.29, 0.717) is 13.2 Å². The first-order chi connectivity index (χ1) is 6.60. The first-order valence-corrected chi connectivity index (χ1v) is 4.76. The van der Waals surface area contributed by atoms with Gasteiger partial charge in [-0.1, -0.05) is 6.92 Å². The molecule has 3 amide bonds. The zero-order valence-corrected chi connectivity index (χ0v) is 9.06. The van der Waals surface area contributed by atoms with E-state index in [1.807, 2.05) is 6.92 Å². The van der Waals surface area contributed by atoms with Gasteiger partial charge in [-0.3, -0.25) is 10.1 Å². The number of methoxy groups -OCH3 is 1. The molecule has 0 heterocycles. The van der Waals surface area contributed by atoms with Crippen LogP contribution in [-0.4, -0.2) is 38.1 Å². The monoisotopic (exact) mass is 222 g/mol. The quantitative estimate of drug-likeness (QED) is 0.659. The Kier molecular flexibility index (Phi) is 7.14. The van der Waals surface area contributed by atoms with Gasteiger partial charge in [0, 0.05) is 13.7 Å². The van der Waals surface area contributed by atoms with Gasteiger partial charge in [-0.05, 0) is 5.92 Å². The summed E-state index contributed by atoms with van der Waals surface area (Å²) in [6.45, 7) is 2.94. The fourth-order valence-electron chi connectivity index (χ4n) is 0.815. The molecule has 0 radical (unpaired) electrons. The molecule has 0 aliphatic heterocycles. The average Bonchev–Trinajstić information content (AvgIpc) is 2.15. The summed E-state index contributed by atoms with van der Waals surface area (Å²) in [5, 5.41) is 4.59. The smallest absolute Gasteiger partial charge is 0.321 e. The second-order valence-electron chi connectivity index (χ2n) is 2.95. The molecule has 14 heavy (non-hydrogen) atoms. The van der Waals surface area contributed by atoms with Crippen molar-refractivity contribution in [3.05, 3.63) is 0 Å². The molecule has 0 aromatic heterocycles. The number of hydrogen-bond donors (Lipinski definition) is 2. The van der Waals surface area contributed by atoms with Crippen LogP contribution < -0.4 is 10.6 Å². The number of ether oxygens (including phenoxy) is 1. The lowest BCUT2D eigenvalue weighted by molar-refractivity contribution is -0.117. The van der Waals surface area contributed by atoms with Gasteiger partial charge in [-0.15, -0.1) is 11.6 Å². The van der Waals surface area contributed by atoms with Crippen molar-refractivity contribution in [2.45, 2.75) is 6.92 Å². The number of carbonyl (C=O) groups is 2. The van der Waals surface area contributed by atoms with Crippen molar-refractivity contribution in [1.29, 1.82) is 0 Å². The molecular weight excluding hydrogens is 208 g/mol. The summed E-state index contributed by atoms with van der Waals surface area (Å²) < 4.78 is 4.88. The molecule has 0 aliphatic rings. The van der Waals surface area contributed by atoms with E-state index in [9.17, 15) is 9.59 Å². The van der Waals surface area contributed by atoms with Gasteiger partial charge in [0.2, 0.25) is 5.91 Å². The van der Waals surface area contributed by atoms with E-state index in [1.165, 1.54) is 0 Å². The van der Waals surface area contributed by atoms with Crippen LogP contribution in [0.2, 0.25) is 0 Å². The summed E-state index contributed by atoms with van der Waals surface area (Å²) >= 11 is 5.20. The van der Waals surface area contributed by atoms with Crippen molar-refractivity contribution in [2.24, 2.45) is 5.92 Å². The molecule has 0 saturated heterocycles. The normalized spacial score (nSPS) is 11.9. The third-order valence-electron chi connectivity index (χ3n) is 1.44. The SMILES string of the molecule is COCC(C)CNC(=O)NC(=O)CCl. The van der Waals surface area contributed by atoms with E-state index in [-0.39, 0.29) is 11.8 Å². The van der Waals surface area contributed by atoms with E-state index < -0.39 is 11.9 Å². The predicted molar refractivity (Wildman–Crippen MR) is 53.3 cm³/mol. The number of imide groups is 1. The molecule has 0 aromatic carbocycles. The lowest BCUT2D eigenvalue weighted by atomic mass is 10.2. The molecule has 0 bridgehead atoms. The number of hydrogen-bond acceptors (Lipinski definition) is 3. The molecule has 1 atom stereocenters. The lowest BCUT2D eigenvalue weighted by Gasteiger charge is -2.11. The molecule has 1 unspecified atom stereocenters. The molecule has 0 spiro atoms. The summed E-state index contributed by atoms with van der Waals surface area (Å²) in [6.07, 6.45) is 0. The Balaban J connectivity index is 3.58. The molecule has 2 N–H and O–H groups in total. The Hall–Kier alpha value is -0.810. The third kappa shape index (κ3) is 6.68. The predicted octanol–water partition coefficient (Wildman–Crippen LogP) is 0.334. The van der Waals surface area contributed by atoms with Crippen LogP contribution >= 0.6 is 11.6 Å². The number of urea groups is 1. The van der Waals surface area contributed by atoms with Crippen LogP contribution in [0.25, 0.3) is 0 Å². The molecule has 0 rings (SSSR count). The molecule has 0 saturated carbocycles. The Morgan fingerprint density at radius 2 is 2.14 bits per heavy atom. The summed E-state index contributed by atoms with van der Waals surface area (Å²) in [4.78, 5) is 21.6. The molecule has 5 nitrogen and oxygen atoms in total. The van der Waals surface area contributed by atoms with Crippen LogP contribution in [0, 0.1) is 5.92 Å². The minimum atomic E-state index is -0.529. The summed E-state index contributed by atoms with van der Waals surface area (Å²) in [5.41, 5.74) is 0. The standard InChI is InChI=1S/C8H15ClN2O3/c1-6(5-14-2)4-10-8(13)11-7(12)3-9/h6H,3-5H2,1-2H3,(H2,10,11,12,13). The largest absolute Gasteiger partial charge is 0.384 e. The Labute approximate surface area is 88.1 Å². The minimum absolute atomic E-state index is 0.205. The number of amides is 3. The van der Waals surface area contributed by atoms with Crippen LogP contribution in [0.5, 0.6) is 0 Å². The van der Waals surface area contributed by atoms with E-state index in [1.54, 1.807) is 7.11 Å².